The van der Waals surface area contributed by atoms with Gasteiger partial charge >= 0.3 is 0 Å². The van der Waals surface area contributed by atoms with Crippen LogP contribution >= 0.6 is 11.6 Å². The summed E-state index contributed by atoms with van der Waals surface area (Å²) in [6.45, 7) is 4.94. The Morgan fingerprint density at radius 2 is 1.98 bits per heavy atom. The first-order valence-corrected chi connectivity index (χ1v) is 12.9. The van der Waals surface area contributed by atoms with Crippen LogP contribution in [-0.4, -0.2) is 65.5 Å². The van der Waals surface area contributed by atoms with Crippen molar-refractivity contribution in [3.05, 3.63) is 78.7 Å². The van der Waals surface area contributed by atoms with Crippen molar-refractivity contribution in [2.45, 2.75) is 18.5 Å². The van der Waals surface area contributed by atoms with Crippen molar-refractivity contribution in [1.29, 1.82) is 0 Å². The number of fused-ring (bicyclic) bond motifs is 4. The van der Waals surface area contributed by atoms with E-state index in [0.29, 0.717) is 41.3 Å². The van der Waals surface area contributed by atoms with E-state index in [4.69, 9.17) is 21.3 Å². The van der Waals surface area contributed by atoms with Crippen molar-refractivity contribution < 1.29 is 13.9 Å². The molecule has 200 valence electrons. The third kappa shape index (κ3) is 4.13. The number of nitrogens with zero attached hydrogens (tertiary/aromatic N) is 8. The molecule has 0 spiro atoms. The van der Waals surface area contributed by atoms with Crippen LogP contribution in [0.4, 0.5) is 21.7 Å². The molecule has 3 saturated heterocycles. The highest BCUT2D eigenvalue weighted by molar-refractivity contribution is 6.32. The zero-order valence-corrected chi connectivity index (χ0v) is 21.7. The van der Waals surface area contributed by atoms with E-state index in [1.165, 1.54) is 30.9 Å². The molecule has 1 aromatic carbocycles. The minimum Gasteiger partial charge on any atom is -0.455 e. The summed E-state index contributed by atoms with van der Waals surface area (Å²) in [5.41, 5.74) is 1.77. The molecule has 3 aliphatic rings. The van der Waals surface area contributed by atoms with Gasteiger partial charge in [-0.15, -0.1) is 0 Å². The molecule has 2 atom stereocenters. The van der Waals surface area contributed by atoms with Gasteiger partial charge in [-0.05, 0) is 36.8 Å². The minimum absolute atomic E-state index is 0.0410. The van der Waals surface area contributed by atoms with Crippen LogP contribution < -0.4 is 15.0 Å². The van der Waals surface area contributed by atoms with Crippen molar-refractivity contribution in [3.8, 4) is 11.5 Å². The van der Waals surface area contributed by atoms with E-state index in [1.807, 2.05) is 17.0 Å². The lowest BCUT2D eigenvalue weighted by molar-refractivity contribution is -0.140. The van der Waals surface area contributed by atoms with Gasteiger partial charge in [-0.1, -0.05) is 18.2 Å². The average molecular weight is 558 g/mol. The summed E-state index contributed by atoms with van der Waals surface area (Å²) in [6, 6.07) is 9.99. The number of rotatable bonds is 6. The molecule has 11 nitrogen and oxygen atoms in total. The number of piperazine rings is 1. The third-order valence-electron chi connectivity index (χ3n) is 7.17. The van der Waals surface area contributed by atoms with Crippen LogP contribution in [0.25, 0.3) is 16.7 Å². The summed E-state index contributed by atoms with van der Waals surface area (Å²) in [7, 11) is 0. The molecule has 0 radical (unpaired) electrons. The Morgan fingerprint density at radius 1 is 1.12 bits per heavy atom. The van der Waals surface area contributed by atoms with E-state index in [2.05, 4.69) is 36.8 Å². The number of benzene rings is 1. The van der Waals surface area contributed by atoms with Crippen LogP contribution in [0.2, 0.25) is 5.02 Å². The Labute approximate surface area is 231 Å². The minimum atomic E-state index is -0.589. The number of carbonyl (C=O) groups excluding carboxylic acids is 1. The number of ether oxygens (including phenoxy) is 1. The second kappa shape index (κ2) is 9.42. The Hall–Kier alpha value is -4.84. The van der Waals surface area contributed by atoms with E-state index in [-0.39, 0.29) is 34.5 Å². The van der Waals surface area contributed by atoms with Gasteiger partial charge in [0.1, 0.15) is 41.3 Å². The lowest BCUT2D eigenvalue weighted by Gasteiger charge is -2.56. The van der Waals surface area contributed by atoms with Crippen LogP contribution in [-0.2, 0) is 4.79 Å². The van der Waals surface area contributed by atoms with Crippen LogP contribution in [0.3, 0.4) is 0 Å². The smallest absolute Gasteiger partial charge is 0.246 e. The standard InChI is InChI=1S/C27H21ClFN9O2/c1-2-25(39)38-15-7-16(38)12-36(11-15)23-4-3-20-26(35-23)27(32-13-30-20)34-21-9-18(28)22(10-19(21)29)40-17-5-6-37-24(8-17)31-14-33-37/h2-6,8-10,13-16H,1,7,11-12H2,(H,30,32,34). The predicted molar refractivity (Wildman–Crippen MR) is 147 cm³/mol. The Morgan fingerprint density at radius 3 is 2.80 bits per heavy atom. The molecular formula is C27H21ClFN9O2. The summed E-state index contributed by atoms with van der Waals surface area (Å²) in [4.78, 5) is 33.7. The monoisotopic (exact) mass is 557 g/mol. The van der Waals surface area contributed by atoms with E-state index in [0.717, 1.165) is 12.2 Å². The van der Waals surface area contributed by atoms with E-state index in [9.17, 15) is 4.79 Å². The summed E-state index contributed by atoms with van der Waals surface area (Å²) < 4.78 is 22.6. The van der Waals surface area contributed by atoms with Crippen molar-refractivity contribution >= 4 is 51.5 Å². The number of nitrogens with one attached hydrogen (secondary N) is 1. The van der Waals surface area contributed by atoms with Gasteiger partial charge in [0.25, 0.3) is 0 Å². The van der Waals surface area contributed by atoms with Crippen LogP contribution in [0.15, 0.2) is 67.9 Å². The zero-order chi connectivity index (χ0) is 27.4. The van der Waals surface area contributed by atoms with E-state index >= 15 is 4.39 Å². The van der Waals surface area contributed by atoms with Crippen LogP contribution in [0, 0.1) is 5.82 Å². The maximum atomic E-state index is 15.2. The fourth-order valence-corrected chi connectivity index (χ4v) is 5.48. The lowest BCUT2D eigenvalue weighted by Crippen LogP contribution is -2.70. The number of hydrogen-bond donors (Lipinski definition) is 1. The fourth-order valence-electron chi connectivity index (χ4n) is 5.28. The van der Waals surface area contributed by atoms with Crippen LogP contribution in [0.5, 0.6) is 11.5 Å². The molecule has 0 saturated carbocycles. The SMILES string of the molecule is C=CC(=O)N1C2CC1CN(c1ccc3ncnc(Nc4cc(Cl)c(Oc5ccn6ncnc6c5)cc4F)c3n1)C2. The number of aromatic nitrogens is 6. The summed E-state index contributed by atoms with van der Waals surface area (Å²) >= 11 is 6.47. The molecule has 40 heavy (non-hydrogen) atoms. The molecular weight excluding hydrogens is 537 g/mol. The normalized spacial score (nSPS) is 18.1. The summed E-state index contributed by atoms with van der Waals surface area (Å²) in [5.74, 6) is 1.02. The van der Waals surface area contributed by atoms with Gasteiger partial charge in [0.05, 0.1) is 28.3 Å². The number of hydrogen-bond acceptors (Lipinski definition) is 9. The van der Waals surface area contributed by atoms with Crippen molar-refractivity contribution in [2.24, 2.45) is 0 Å². The largest absolute Gasteiger partial charge is 0.455 e. The average Bonchev–Trinajstić information content (AvgIpc) is 3.43. The first-order chi connectivity index (χ1) is 19.5. The van der Waals surface area contributed by atoms with Gasteiger partial charge in [0.2, 0.25) is 5.91 Å². The molecule has 3 aliphatic heterocycles. The number of piperidine rings is 1. The van der Waals surface area contributed by atoms with Gasteiger partial charge in [0, 0.05) is 31.4 Å². The molecule has 5 aromatic rings. The van der Waals surface area contributed by atoms with E-state index in [1.54, 1.807) is 22.8 Å². The summed E-state index contributed by atoms with van der Waals surface area (Å²) in [6.07, 6.45) is 6.83. The lowest BCUT2D eigenvalue weighted by atomic mass is 9.87. The van der Waals surface area contributed by atoms with Crippen LogP contribution in [0.1, 0.15) is 6.42 Å². The Kier molecular flexibility index (Phi) is 5.70. The molecule has 0 aliphatic carbocycles. The zero-order valence-electron chi connectivity index (χ0n) is 20.9. The molecule has 3 fully saturated rings. The highest BCUT2D eigenvalue weighted by atomic mass is 35.5. The van der Waals surface area contributed by atoms with Gasteiger partial charge in [-0.3, -0.25) is 4.79 Å². The molecule has 4 aromatic heterocycles. The number of carbonyl (C=O) groups is 1. The predicted octanol–water partition coefficient (Wildman–Crippen LogP) is 4.37. The van der Waals surface area contributed by atoms with Crippen molar-refractivity contribution in [3.63, 3.8) is 0 Å². The first kappa shape index (κ1) is 24.2. The second-order valence-corrected chi connectivity index (χ2v) is 9.98. The Bertz CT molecular complexity index is 1800. The second-order valence-electron chi connectivity index (χ2n) is 9.57. The van der Waals surface area contributed by atoms with Gasteiger partial charge in [-0.2, -0.15) is 5.10 Å². The maximum absolute atomic E-state index is 15.2. The van der Waals surface area contributed by atoms with Gasteiger partial charge < -0.3 is 19.9 Å². The molecule has 7 heterocycles. The highest BCUT2D eigenvalue weighted by Gasteiger charge is 2.46. The maximum Gasteiger partial charge on any atom is 0.246 e. The Balaban J connectivity index is 1.14. The number of pyridine rings is 2. The van der Waals surface area contributed by atoms with Crippen molar-refractivity contribution in [2.75, 3.05) is 23.3 Å². The number of anilines is 3. The van der Waals surface area contributed by atoms with Gasteiger partial charge in [-0.25, -0.2) is 28.8 Å². The molecule has 8 rings (SSSR count). The van der Waals surface area contributed by atoms with Crippen molar-refractivity contribution in [1.82, 2.24) is 34.4 Å². The highest BCUT2D eigenvalue weighted by Crippen LogP contribution is 2.37. The topological polar surface area (TPSA) is 114 Å². The molecule has 2 unspecified atom stereocenters. The fraction of sp³-hybridized carbons (Fsp3) is 0.185. The summed E-state index contributed by atoms with van der Waals surface area (Å²) in [5, 5.41) is 7.25. The number of amides is 1. The molecule has 2 bridgehead atoms. The molecule has 13 heteroatoms. The molecule has 1 amide bonds. The quantitative estimate of drug-likeness (QED) is 0.304. The van der Waals surface area contributed by atoms with Gasteiger partial charge in [0.15, 0.2) is 11.5 Å². The first-order valence-electron chi connectivity index (χ1n) is 12.5. The molecule has 1 N–H and O–H groups in total. The van der Waals surface area contributed by atoms with E-state index < -0.39 is 5.82 Å². The number of halogens is 2. The third-order valence-corrected chi connectivity index (χ3v) is 7.46.